The van der Waals surface area contributed by atoms with Crippen LogP contribution in [0.4, 0.5) is 0 Å². The molecule has 0 bridgehead atoms. The Morgan fingerprint density at radius 3 is 2.70 bits per heavy atom. The second-order valence-corrected chi connectivity index (χ2v) is 2.44. The predicted octanol–water partition coefficient (Wildman–Crippen LogP) is -1.51. The van der Waals surface area contributed by atoms with Gasteiger partial charge in [-0.3, -0.25) is 0 Å². The van der Waals surface area contributed by atoms with Crippen LogP contribution in [0.25, 0.3) is 0 Å². The molecule has 0 aliphatic carbocycles. The van der Waals surface area contributed by atoms with E-state index in [2.05, 4.69) is 0 Å². The molecule has 1 fully saturated rings. The van der Waals surface area contributed by atoms with E-state index in [0.29, 0.717) is 13.0 Å². The van der Waals surface area contributed by atoms with Crippen LogP contribution in [0, 0.1) is 0 Å². The van der Waals surface area contributed by atoms with Crippen LogP contribution in [0.2, 0.25) is 0 Å². The van der Waals surface area contributed by atoms with Crippen molar-refractivity contribution in [3.63, 3.8) is 0 Å². The van der Waals surface area contributed by atoms with Gasteiger partial charge in [0.25, 0.3) is 0 Å². The van der Waals surface area contributed by atoms with Crippen LogP contribution < -0.4 is 0 Å². The molecule has 60 valence electrons. The van der Waals surface area contributed by atoms with Gasteiger partial charge in [0, 0.05) is 6.61 Å². The zero-order valence-electron chi connectivity index (χ0n) is 5.60. The molecule has 1 saturated heterocycles. The van der Waals surface area contributed by atoms with Crippen molar-refractivity contribution in [2.24, 2.45) is 0 Å². The smallest absolute Gasteiger partial charge is 0.111 e. The summed E-state index contributed by atoms with van der Waals surface area (Å²) in [4.78, 5) is 0. The molecule has 0 aromatic rings. The zero-order valence-corrected chi connectivity index (χ0v) is 5.60. The largest absolute Gasteiger partial charge is 0.394 e. The summed E-state index contributed by atoms with van der Waals surface area (Å²) in [6.45, 7) is 0.102. The lowest BCUT2D eigenvalue weighted by Crippen LogP contribution is -2.36. The van der Waals surface area contributed by atoms with Gasteiger partial charge >= 0.3 is 0 Å². The van der Waals surface area contributed by atoms with E-state index in [0.717, 1.165) is 0 Å². The van der Waals surface area contributed by atoms with Gasteiger partial charge in [0.2, 0.25) is 0 Å². The van der Waals surface area contributed by atoms with Gasteiger partial charge in [0.1, 0.15) is 12.2 Å². The Labute approximate surface area is 59.1 Å². The average molecular weight is 148 g/mol. The molecule has 0 amide bonds. The van der Waals surface area contributed by atoms with Crippen molar-refractivity contribution in [3.05, 3.63) is 0 Å². The SMILES string of the molecule is OCC(O)[C@H]1OCCC1O. The van der Waals surface area contributed by atoms with Crippen LogP contribution in [-0.4, -0.2) is 46.8 Å². The van der Waals surface area contributed by atoms with Crippen LogP contribution in [0.1, 0.15) is 6.42 Å². The third-order valence-corrected chi connectivity index (χ3v) is 1.67. The van der Waals surface area contributed by atoms with E-state index in [1.807, 2.05) is 0 Å². The summed E-state index contributed by atoms with van der Waals surface area (Å²) >= 11 is 0. The Morgan fingerprint density at radius 1 is 1.60 bits per heavy atom. The van der Waals surface area contributed by atoms with Crippen LogP contribution in [0.3, 0.4) is 0 Å². The van der Waals surface area contributed by atoms with Crippen molar-refractivity contribution in [2.45, 2.75) is 24.7 Å². The monoisotopic (exact) mass is 148 g/mol. The minimum atomic E-state index is -0.947. The molecule has 0 aromatic carbocycles. The Kier molecular flexibility index (Phi) is 2.62. The number of rotatable bonds is 2. The fourth-order valence-electron chi connectivity index (χ4n) is 1.07. The fraction of sp³-hybridized carbons (Fsp3) is 1.00. The number of hydrogen-bond donors (Lipinski definition) is 3. The van der Waals surface area contributed by atoms with Gasteiger partial charge in [-0.2, -0.15) is 0 Å². The first-order valence-corrected chi connectivity index (χ1v) is 3.34. The van der Waals surface area contributed by atoms with Crippen molar-refractivity contribution in [3.8, 4) is 0 Å². The van der Waals surface area contributed by atoms with E-state index < -0.39 is 18.3 Å². The molecule has 10 heavy (non-hydrogen) atoms. The van der Waals surface area contributed by atoms with Crippen molar-refractivity contribution in [2.75, 3.05) is 13.2 Å². The Bertz CT molecular complexity index is 106. The molecule has 4 heteroatoms. The molecule has 3 atom stereocenters. The van der Waals surface area contributed by atoms with Crippen molar-refractivity contribution in [1.29, 1.82) is 0 Å². The standard InChI is InChI=1S/C6H12O4/c7-3-5(9)6-4(8)1-2-10-6/h4-9H,1-3H2/t4?,5?,6-/m0/s1. The van der Waals surface area contributed by atoms with E-state index >= 15 is 0 Å². The second kappa shape index (κ2) is 3.30. The Hall–Kier alpha value is -0.160. The minimum Gasteiger partial charge on any atom is -0.394 e. The normalized spacial score (nSPS) is 36.3. The molecule has 4 nitrogen and oxygen atoms in total. The highest BCUT2D eigenvalue weighted by Gasteiger charge is 2.31. The summed E-state index contributed by atoms with van der Waals surface area (Å²) < 4.78 is 4.96. The summed E-state index contributed by atoms with van der Waals surface area (Å²) in [5, 5.41) is 26.6. The molecule has 0 radical (unpaired) electrons. The predicted molar refractivity (Wildman–Crippen MR) is 33.5 cm³/mol. The van der Waals surface area contributed by atoms with Gasteiger partial charge in [-0.1, -0.05) is 0 Å². The lowest BCUT2D eigenvalue weighted by molar-refractivity contribution is -0.0645. The van der Waals surface area contributed by atoms with Crippen LogP contribution >= 0.6 is 0 Å². The average Bonchev–Trinajstić information content (AvgIpc) is 2.34. The summed E-state index contributed by atoms with van der Waals surface area (Å²) in [6, 6.07) is 0. The fourth-order valence-corrected chi connectivity index (χ4v) is 1.07. The minimum absolute atomic E-state index is 0.359. The first-order chi connectivity index (χ1) is 4.75. The quantitative estimate of drug-likeness (QED) is 0.445. The number of aliphatic hydroxyl groups is 3. The third kappa shape index (κ3) is 1.46. The van der Waals surface area contributed by atoms with Crippen LogP contribution in [-0.2, 0) is 4.74 Å². The van der Waals surface area contributed by atoms with Gasteiger partial charge in [-0.25, -0.2) is 0 Å². The molecule has 0 saturated carbocycles. The van der Waals surface area contributed by atoms with Crippen LogP contribution in [0.15, 0.2) is 0 Å². The maximum Gasteiger partial charge on any atom is 0.111 e. The van der Waals surface area contributed by atoms with E-state index in [1.54, 1.807) is 0 Å². The van der Waals surface area contributed by atoms with E-state index in [4.69, 9.17) is 20.1 Å². The molecule has 1 rings (SSSR count). The summed E-state index contributed by atoms with van der Waals surface area (Å²) in [5.41, 5.74) is 0. The first kappa shape index (κ1) is 7.94. The van der Waals surface area contributed by atoms with Crippen molar-refractivity contribution < 1.29 is 20.1 Å². The second-order valence-electron chi connectivity index (χ2n) is 2.44. The highest BCUT2D eigenvalue weighted by Crippen LogP contribution is 2.15. The maximum atomic E-state index is 9.09. The molecule has 3 N–H and O–H groups in total. The number of hydrogen-bond acceptors (Lipinski definition) is 4. The molecule has 1 aliphatic heterocycles. The summed E-state index contributed by atoms with van der Waals surface area (Å²) in [7, 11) is 0. The van der Waals surface area contributed by atoms with Crippen molar-refractivity contribution in [1.82, 2.24) is 0 Å². The summed E-state index contributed by atoms with van der Waals surface area (Å²) in [6.07, 6.45) is -1.62. The molecular weight excluding hydrogens is 136 g/mol. The zero-order chi connectivity index (χ0) is 7.56. The molecule has 0 aromatic heterocycles. The van der Waals surface area contributed by atoms with E-state index in [1.165, 1.54) is 0 Å². The van der Waals surface area contributed by atoms with Crippen molar-refractivity contribution >= 4 is 0 Å². The lowest BCUT2D eigenvalue weighted by atomic mass is 10.1. The third-order valence-electron chi connectivity index (χ3n) is 1.67. The van der Waals surface area contributed by atoms with Crippen LogP contribution in [0.5, 0.6) is 0 Å². The summed E-state index contributed by atoms with van der Waals surface area (Å²) in [5.74, 6) is 0. The molecular formula is C6H12O4. The van der Waals surface area contributed by atoms with E-state index in [9.17, 15) is 0 Å². The first-order valence-electron chi connectivity index (χ1n) is 3.34. The highest BCUT2D eigenvalue weighted by atomic mass is 16.5. The number of aliphatic hydroxyl groups excluding tert-OH is 3. The Balaban J connectivity index is 2.38. The maximum absolute atomic E-state index is 9.09. The van der Waals surface area contributed by atoms with Gasteiger partial charge < -0.3 is 20.1 Å². The van der Waals surface area contributed by atoms with Gasteiger partial charge in [0.15, 0.2) is 0 Å². The number of ether oxygens (including phenoxy) is 1. The van der Waals surface area contributed by atoms with Gasteiger partial charge in [-0.15, -0.1) is 0 Å². The van der Waals surface area contributed by atoms with E-state index in [-0.39, 0.29) is 6.61 Å². The molecule has 2 unspecified atom stereocenters. The molecule has 1 aliphatic rings. The Morgan fingerprint density at radius 2 is 2.30 bits per heavy atom. The topological polar surface area (TPSA) is 69.9 Å². The lowest BCUT2D eigenvalue weighted by Gasteiger charge is -2.17. The van der Waals surface area contributed by atoms with Gasteiger partial charge in [-0.05, 0) is 6.42 Å². The van der Waals surface area contributed by atoms with Gasteiger partial charge in [0.05, 0.1) is 12.7 Å². The molecule has 0 spiro atoms. The molecule has 1 heterocycles. The highest BCUT2D eigenvalue weighted by molar-refractivity contribution is 4.80.